The summed E-state index contributed by atoms with van der Waals surface area (Å²) in [6, 6.07) is 5.96. The van der Waals surface area contributed by atoms with E-state index in [1.54, 1.807) is 0 Å². The summed E-state index contributed by atoms with van der Waals surface area (Å²) in [6.45, 7) is 4.93. The minimum atomic E-state index is 0.258. The van der Waals surface area contributed by atoms with Crippen molar-refractivity contribution in [2.45, 2.75) is 51.9 Å². The van der Waals surface area contributed by atoms with Crippen LogP contribution < -0.4 is 5.32 Å². The largest absolute Gasteiger partial charge is 0.356 e. The van der Waals surface area contributed by atoms with Gasteiger partial charge in [-0.1, -0.05) is 13.0 Å². The van der Waals surface area contributed by atoms with E-state index in [1.807, 2.05) is 37.5 Å². The Hall–Kier alpha value is -2.30. The van der Waals surface area contributed by atoms with Crippen LogP contribution in [0.4, 0.5) is 0 Å². The minimum Gasteiger partial charge on any atom is -0.356 e. The molecule has 1 amide bonds. The molecule has 5 nitrogen and oxygen atoms in total. The standard InChI is InChI=1S/C22H28N4O/c1-14-11-18(14)22(27)25-12-16-6-8-17(9-7-16)21-19(13-24-15(2)26-21)20-5-3-4-10-23-20/h3-5,10,13-14,16-18H,6-9,11-12H2,1-2H3,(H,25,27)/t14-,16?,17?,18-/m0/s1. The summed E-state index contributed by atoms with van der Waals surface area (Å²) < 4.78 is 0. The number of carbonyl (C=O) groups is 1. The molecule has 0 saturated heterocycles. The van der Waals surface area contributed by atoms with E-state index in [0.29, 0.717) is 17.8 Å². The number of carbonyl (C=O) groups excluding carboxylic acids is 1. The number of hydrogen-bond acceptors (Lipinski definition) is 4. The molecule has 4 rings (SSSR count). The summed E-state index contributed by atoms with van der Waals surface area (Å²) in [7, 11) is 0. The number of amides is 1. The normalized spacial score (nSPS) is 27.2. The highest BCUT2D eigenvalue weighted by molar-refractivity contribution is 5.81. The van der Waals surface area contributed by atoms with Gasteiger partial charge >= 0.3 is 0 Å². The fraction of sp³-hybridized carbons (Fsp3) is 0.545. The summed E-state index contributed by atoms with van der Waals surface area (Å²) in [5.74, 6) is 2.95. The third-order valence-electron chi connectivity index (χ3n) is 6.12. The molecule has 0 radical (unpaired) electrons. The lowest BCUT2D eigenvalue weighted by atomic mass is 9.79. The summed E-state index contributed by atoms with van der Waals surface area (Å²) in [6.07, 6.45) is 9.28. The van der Waals surface area contributed by atoms with E-state index in [2.05, 4.69) is 22.2 Å². The zero-order valence-corrected chi connectivity index (χ0v) is 16.2. The van der Waals surface area contributed by atoms with Gasteiger partial charge in [-0.05, 0) is 63.0 Å². The van der Waals surface area contributed by atoms with Crippen molar-refractivity contribution >= 4 is 5.91 Å². The number of hydrogen-bond donors (Lipinski definition) is 1. The lowest BCUT2D eigenvalue weighted by Gasteiger charge is -2.29. The molecule has 0 aliphatic heterocycles. The molecule has 2 aliphatic carbocycles. The predicted molar refractivity (Wildman–Crippen MR) is 105 cm³/mol. The van der Waals surface area contributed by atoms with Crippen molar-refractivity contribution in [1.29, 1.82) is 0 Å². The average molecular weight is 364 g/mol. The SMILES string of the molecule is Cc1ncc(-c2ccccn2)c(C2CCC(CNC(=O)[C@H]3C[C@@H]3C)CC2)n1. The molecule has 1 N–H and O–H groups in total. The van der Waals surface area contributed by atoms with Crippen LogP contribution in [-0.2, 0) is 4.79 Å². The predicted octanol–water partition coefficient (Wildman–Crippen LogP) is 3.89. The Balaban J connectivity index is 1.39. The maximum absolute atomic E-state index is 12.0. The molecular formula is C22H28N4O. The molecule has 2 aliphatic rings. The molecule has 142 valence electrons. The van der Waals surface area contributed by atoms with Crippen molar-refractivity contribution in [3.05, 3.63) is 42.1 Å². The fourth-order valence-corrected chi connectivity index (χ4v) is 4.22. The van der Waals surface area contributed by atoms with Crippen molar-refractivity contribution in [2.75, 3.05) is 6.54 Å². The second-order valence-electron chi connectivity index (χ2n) is 8.21. The van der Waals surface area contributed by atoms with E-state index >= 15 is 0 Å². The van der Waals surface area contributed by atoms with Gasteiger partial charge in [0, 0.05) is 36.3 Å². The molecule has 0 unspecified atom stereocenters. The van der Waals surface area contributed by atoms with Crippen LogP contribution >= 0.6 is 0 Å². The highest BCUT2D eigenvalue weighted by Crippen LogP contribution is 2.39. The van der Waals surface area contributed by atoms with Crippen LogP contribution in [0.25, 0.3) is 11.3 Å². The highest BCUT2D eigenvalue weighted by atomic mass is 16.2. The Morgan fingerprint density at radius 3 is 2.63 bits per heavy atom. The van der Waals surface area contributed by atoms with Crippen molar-refractivity contribution in [3.8, 4) is 11.3 Å². The van der Waals surface area contributed by atoms with E-state index < -0.39 is 0 Å². The van der Waals surface area contributed by atoms with Crippen LogP contribution in [0.3, 0.4) is 0 Å². The third-order valence-corrected chi connectivity index (χ3v) is 6.12. The van der Waals surface area contributed by atoms with Crippen LogP contribution in [-0.4, -0.2) is 27.4 Å². The van der Waals surface area contributed by atoms with Crippen molar-refractivity contribution in [3.63, 3.8) is 0 Å². The maximum atomic E-state index is 12.0. The van der Waals surface area contributed by atoms with Crippen LogP contribution in [0.1, 0.15) is 56.5 Å². The minimum absolute atomic E-state index is 0.258. The average Bonchev–Trinajstić information content (AvgIpc) is 3.44. The molecule has 0 aromatic carbocycles. The van der Waals surface area contributed by atoms with Gasteiger partial charge in [-0.25, -0.2) is 9.97 Å². The van der Waals surface area contributed by atoms with E-state index in [0.717, 1.165) is 61.4 Å². The Bertz CT molecular complexity index is 799. The highest BCUT2D eigenvalue weighted by Gasteiger charge is 2.39. The summed E-state index contributed by atoms with van der Waals surface area (Å²) in [5.41, 5.74) is 3.14. The van der Waals surface area contributed by atoms with E-state index in [-0.39, 0.29) is 11.8 Å². The van der Waals surface area contributed by atoms with E-state index in [9.17, 15) is 4.79 Å². The van der Waals surface area contributed by atoms with Gasteiger partial charge in [0.15, 0.2) is 0 Å². The lowest BCUT2D eigenvalue weighted by Crippen LogP contribution is -2.32. The van der Waals surface area contributed by atoms with Gasteiger partial charge in [-0.3, -0.25) is 9.78 Å². The van der Waals surface area contributed by atoms with Crippen molar-refractivity contribution in [1.82, 2.24) is 20.3 Å². The lowest BCUT2D eigenvalue weighted by molar-refractivity contribution is -0.122. The molecule has 2 heterocycles. The maximum Gasteiger partial charge on any atom is 0.223 e. The Morgan fingerprint density at radius 2 is 1.96 bits per heavy atom. The molecule has 2 atom stereocenters. The van der Waals surface area contributed by atoms with E-state index in [4.69, 9.17) is 4.98 Å². The number of nitrogens with one attached hydrogen (secondary N) is 1. The van der Waals surface area contributed by atoms with Gasteiger partial charge < -0.3 is 5.32 Å². The topological polar surface area (TPSA) is 67.8 Å². The van der Waals surface area contributed by atoms with Crippen LogP contribution in [0, 0.1) is 24.7 Å². The van der Waals surface area contributed by atoms with Gasteiger partial charge in [0.1, 0.15) is 5.82 Å². The van der Waals surface area contributed by atoms with E-state index in [1.165, 1.54) is 0 Å². The molecule has 0 bridgehead atoms. The second kappa shape index (κ2) is 7.75. The summed E-state index contributed by atoms with van der Waals surface area (Å²) in [5, 5.41) is 3.17. The van der Waals surface area contributed by atoms with Gasteiger partial charge in [-0.2, -0.15) is 0 Å². The zero-order chi connectivity index (χ0) is 18.8. The quantitative estimate of drug-likeness (QED) is 0.874. The van der Waals surface area contributed by atoms with Crippen LogP contribution in [0.15, 0.2) is 30.6 Å². The number of pyridine rings is 1. The second-order valence-corrected chi connectivity index (χ2v) is 8.21. The molecule has 5 heteroatoms. The number of nitrogens with zero attached hydrogens (tertiary/aromatic N) is 3. The monoisotopic (exact) mass is 364 g/mol. The first-order valence-electron chi connectivity index (χ1n) is 10.1. The molecular weight excluding hydrogens is 336 g/mol. The molecule has 2 aromatic rings. The van der Waals surface area contributed by atoms with Gasteiger partial charge in [-0.15, -0.1) is 0 Å². The molecule has 0 spiro atoms. The third kappa shape index (κ3) is 4.18. The number of aryl methyl sites for hydroxylation is 1. The molecule has 27 heavy (non-hydrogen) atoms. The smallest absolute Gasteiger partial charge is 0.223 e. The summed E-state index contributed by atoms with van der Waals surface area (Å²) >= 11 is 0. The Labute approximate surface area is 161 Å². The first-order chi connectivity index (χ1) is 13.1. The van der Waals surface area contributed by atoms with Crippen molar-refractivity contribution in [2.24, 2.45) is 17.8 Å². The Kier molecular flexibility index (Phi) is 5.19. The van der Waals surface area contributed by atoms with Gasteiger partial charge in [0.2, 0.25) is 5.91 Å². The molecule has 2 aromatic heterocycles. The van der Waals surface area contributed by atoms with Crippen molar-refractivity contribution < 1.29 is 4.79 Å². The van der Waals surface area contributed by atoms with Crippen LogP contribution in [0.5, 0.6) is 0 Å². The van der Waals surface area contributed by atoms with Gasteiger partial charge in [0.25, 0.3) is 0 Å². The van der Waals surface area contributed by atoms with Crippen LogP contribution in [0.2, 0.25) is 0 Å². The summed E-state index contributed by atoms with van der Waals surface area (Å²) in [4.78, 5) is 25.7. The number of aromatic nitrogens is 3. The molecule has 2 fully saturated rings. The zero-order valence-electron chi connectivity index (χ0n) is 16.2. The first kappa shape index (κ1) is 18.1. The Morgan fingerprint density at radius 1 is 1.19 bits per heavy atom. The number of rotatable bonds is 5. The fourth-order valence-electron chi connectivity index (χ4n) is 4.22. The first-order valence-corrected chi connectivity index (χ1v) is 10.1. The van der Waals surface area contributed by atoms with Gasteiger partial charge in [0.05, 0.1) is 11.4 Å². The molecule has 2 saturated carbocycles.